The Labute approximate surface area is 123 Å². The highest BCUT2D eigenvalue weighted by Gasteiger charge is 2.28. The molecule has 110 valence electrons. The summed E-state index contributed by atoms with van der Waals surface area (Å²) in [5.41, 5.74) is 7.93. The summed E-state index contributed by atoms with van der Waals surface area (Å²) >= 11 is 0. The monoisotopic (exact) mass is 286 g/mol. The van der Waals surface area contributed by atoms with Crippen LogP contribution in [0.3, 0.4) is 0 Å². The fourth-order valence-corrected chi connectivity index (χ4v) is 2.37. The van der Waals surface area contributed by atoms with Gasteiger partial charge in [0.05, 0.1) is 0 Å². The van der Waals surface area contributed by atoms with Gasteiger partial charge < -0.3 is 10.6 Å². The van der Waals surface area contributed by atoms with Crippen LogP contribution >= 0.6 is 0 Å². The second-order valence-electron chi connectivity index (χ2n) is 5.67. The standard InChI is InChI=1S/C16H19FN4/c1-10-14(18)19-15(12-5-6-12)20-16(10)21(2)9-11-3-7-13(17)8-4-11/h3-4,7-8,12H,5-6,9H2,1-2H3,(H2,18,19,20). The van der Waals surface area contributed by atoms with Crippen LogP contribution < -0.4 is 10.6 Å². The first kappa shape index (κ1) is 13.8. The van der Waals surface area contributed by atoms with E-state index in [0.29, 0.717) is 18.3 Å². The Bertz CT molecular complexity index is 650. The molecule has 0 radical (unpaired) electrons. The van der Waals surface area contributed by atoms with Gasteiger partial charge in [-0.25, -0.2) is 14.4 Å². The number of anilines is 2. The Morgan fingerprint density at radius 3 is 2.52 bits per heavy atom. The molecular weight excluding hydrogens is 267 g/mol. The quantitative estimate of drug-likeness (QED) is 0.938. The van der Waals surface area contributed by atoms with Gasteiger partial charge in [0.15, 0.2) is 0 Å². The third-order valence-corrected chi connectivity index (χ3v) is 3.81. The van der Waals surface area contributed by atoms with Crippen molar-refractivity contribution in [1.82, 2.24) is 9.97 Å². The van der Waals surface area contributed by atoms with Gasteiger partial charge in [0.2, 0.25) is 0 Å². The first-order valence-electron chi connectivity index (χ1n) is 7.14. The molecule has 1 aromatic heterocycles. The zero-order chi connectivity index (χ0) is 15.0. The highest BCUT2D eigenvalue weighted by atomic mass is 19.1. The van der Waals surface area contributed by atoms with E-state index in [1.165, 1.54) is 12.1 Å². The second-order valence-corrected chi connectivity index (χ2v) is 5.67. The summed E-state index contributed by atoms with van der Waals surface area (Å²) < 4.78 is 13.0. The summed E-state index contributed by atoms with van der Waals surface area (Å²) in [6.07, 6.45) is 2.28. The van der Waals surface area contributed by atoms with Crippen LogP contribution in [0.4, 0.5) is 16.0 Å². The van der Waals surface area contributed by atoms with Crippen molar-refractivity contribution < 1.29 is 4.39 Å². The predicted molar refractivity (Wildman–Crippen MR) is 81.7 cm³/mol. The molecule has 1 heterocycles. The van der Waals surface area contributed by atoms with E-state index in [-0.39, 0.29) is 5.82 Å². The van der Waals surface area contributed by atoms with Gasteiger partial charge in [-0.1, -0.05) is 12.1 Å². The van der Waals surface area contributed by atoms with Crippen molar-refractivity contribution in [2.75, 3.05) is 17.7 Å². The molecule has 1 fully saturated rings. The number of rotatable bonds is 4. The van der Waals surface area contributed by atoms with Gasteiger partial charge in [0, 0.05) is 25.1 Å². The van der Waals surface area contributed by atoms with Crippen molar-refractivity contribution in [1.29, 1.82) is 0 Å². The summed E-state index contributed by atoms with van der Waals surface area (Å²) in [5, 5.41) is 0. The molecule has 0 bridgehead atoms. The maximum Gasteiger partial charge on any atom is 0.137 e. The lowest BCUT2D eigenvalue weighted by molar-refractivity contribution is 0.627. The van der Waals surface area contributed by atoms with Crippen LogP contribution in [0.15, 0.2) is 24.3 Å². The summed E-state index contributed by atoms with van der Waals surface area (Å²) in [6, 6.07) is 6.51. The smallest absolute Gasteiger partial charge is 0.137 e. The van der Waals surface area contributed by atoms with Crippen molar-refractivity contribution in [3.8, 4) is 0 Å². The third-order valence-electron chi connectivity index (χ3n) is 3.81. The minimum absolute atomic E-state index is 0.222. The summed E-state index contributed by atoms with van der Waals surface area (Å²) in [5.74, 6) is 2.49. The molecule has 1 aliphatic rings. The average Bonchev–Trinajstić information content (AvgIpc) is 3.28. The van der Waals surface area contributed by atoms with Crippen LogP contribution in [0.25, 0.3) is 0 Å². The molecule has 0 amide bonds. The Morgan fingerprint density at radius 1 is 1.24 bits per heavy atom. The van der Waals surface area contributed by atoms with Gasteiger partial charge in [0.25, 0.3) is 0 Å². The highest BCUT2D eigenvalue weighted by molar-refractivity contribution is 5.56. The van der Waals surface area contributed by atoms with Gasteiger partial charge >= 0.3 is 0 Å². The largest absolute Gasteiger partial charge is 0.383 e. The molecular formula is C16H19FN4. The summed E-state index contributed by atoms with van der Waals surface area (Å²) in [7, 11) is 1.97. The lowest BCUT2D eigenvalue weighted by atomic mass is 10.2. The zero-order valence-corrected chi connectivity index (χ0v) is 12.3. The maximum absolute atomic E-state index is 13.0. The number of halogens is 1. The van der Waals surface area contributed by atoms with Crippen molar-refractivity contribution in [3.05, 3.63) is 47.0 Å². The number of hydrogen-bond donors (Lipinski definition) is 1. The molecule has 5 heteroatoms. The number of hydrogen-bond acceptors (Lipinski definition) is 4. The molecule has 2 N–H and O–H groups in total. The zero-order valence-electron chi connectivity index (χ0n) is 12.3. The van der Waals surface area contributed by atoms with E-state index in [0.717, 1.165) is 35.6 Å². The van der Waals surface area contributed by atoms with Crippen LogP contribution in [-0.4, -0.2) is 17.0 Å². The van der Waals surface area contributed by atoms with E-state index in [1.54, 1.807) is 12.1 Å². The molecule has 1 saturated carbocycles. The van der Waals surface area contributed by atoms with Gasteiger partial charge in [-0.2, -0.15) is 0 Å². The lowest BCUT2D eigenvalue weighted by Gasteiger charge is -2.21. The predicted octanol–water partition coefficient (Wildman–Crippen LogP) is 3.02. The van der Waals surface area contributed by atoms with Crippen LogP contribution in [0.2, 0.25) is 0 Å². The van der Waals surface area contributed by atoms with Gasteiger partial charge in [0.1, 0.15) is 23.3 Å². The molecule has 2 aromatic rings. The Balaban J connectivity index is 1.86. The first-order chi connectivity index (χ1) is 10.0. The van der Waals surface area contributed by atoms with Crippen LogP contribution in [-0.2, 0) is 6.54 Å². The van der Waals surface area contributed by atoms with Gasteiger partial charge in [-0.05, 0) is 37.5 Å². The lowest BCUT2D eigenvalue weighted by Crippen LogP contribution is -2.20. The minimum atomic E-state index is -0.222. The molecule has 4 nitrogen and oxygen atoms in total. The number of nitrogens with two attached hydrogens (primary N) is 1. The molecule has 0 aliphatic heterocycles. The Morgan fingerprint density at radius 2 is 1.90 bits per heavy atom. The first-order valence-corrected chi connectivity index (χ1v) is 7.14. The van der Waals surface area contributed by atoms with E-state index in [4.69, 9.17) is 5.73 Å². The number of benzene rings is 1. The second kappa shape index (κ2) is 5.31. The van der Waals surface area contributed by atoms with Crippen LogP contribution in [0, 0.1) is 12.7 Å². The molecule has 0 spiro atoms. The third kappa shape index (κ3) is 2.96. The molecule has 1 aliphatic carbocycles. The van der Waals surface area contributed by atoms with E-state index in [2.05, 4.69) is 9.97 Å². The number of nitrogen functional groups attached to an aromatic ring is 1. The molecule has 0 saturated heterocycles. The Hall–Kier alpha value is -2.17. The van der Waals surface area contributed by atoms with E-state index in [1.807, 2.05) is 18.9 Å². The van der Waals surface area contributed by atoms with Crippen LogP contribution in [0.5, 0.6) is 0 Å². The summed E-state index contributed by atoms with van der Waals surface area (Å²) in [4.78, 5) is 11.1. The van der Waals surface area contributed by atoms with Crippen molar-refractivity contribution >= 4 is 11.6 Å². The van der Waals surface area contributed by atoms with Gasteiger partial charge in [-0.3, -0.25) is 0 Å². The maximum atomic E-state index is 13.0. The van der Waals surface area contributed by atoms with Crippen molar-refractivity contribution in [2.45, 2.75) is 32.2 Å². The normalized spacial score (nSPS) is 14.2. The Kier molecular flexibility index (Phi) is 3.49. The fourth-order valence-electron chi connectivity index (χ4n) is 2.37. The van der Waals surface area contributed by atoms with E-state index >= 15 is 0 Å². The molecule has 0 atom stereocenters. The molecule has 21 heavy (non-hydrogen) atoms. The average molecular weight is 286 g/mol. The van der Waals surface area contributed by atoms with Crippen molar-refractivity contribution in [3.63, 3.8) is 0 Å². The fraction of sp³-hybridized carbons (Fsp3) is 0.375. The molecule has 0 unspecified atom stereocenters. The molecule has 3 rings (SSSR count). The van der Waals surface area contributed by atoms with Crippen LogP contribution in [0.1, 0.15) is 35.7 Å². The van der Waals surface area contributed by atoms with E-state index in [9.17, 15) is 4.39 Å². The highest BCUT2D eigenvalue weighted by Crippen LogP contribution is 2.39. The van der Waals surface area contributed by atoms with Gasteiger partial charge in [-0.15, -0.1) is 0 Å². The van der Waals surface area contributed by atoms with E-state index < -0.39 is 0 Å². The SMILES string of the molecule is Cc1c(N)nc(C2CC2)nc1N(C)Cc1ccc(F)cc1. The van der Waals surface area contributed by atoms with Crippen molar-refractivity contribution in [2.24, 2.45) is 0 Å². The minimum Gasteiger partial charge on any atom is -0.383 e. The molecule has 1 aromatic carbocycles. The topological polar surface area (TPSA) is 55.0 Å². The number of nitrogens with zero attached hydrogens (tertiary/aromatic N) is 3. The number of aromatic nitrogens is 2. The summed E-state index contributed by atoms with van der Waals surface area (Å²) in [6.45, 7) is 2.59.